The van der Waals surface area contributed by atoms with Crippen molar-refractivity contribution in [2.45, 2.75) is 33.2 Å². The van der Waals surface area contributed by atoms with E-state index < -0.39 is 0 Å². The van der Waals surface area contributed by atoms with Gasteiger partial charge < -0.3 is 5.32 Å². The first kappa shape index (κ1) is 15.4. The average Bonchev–Trinajstić information content (AvgIpc) is 2.85. The van der Waals surface area contributed by atoms with Crippen molar-refractivity contribution in [1.29, 1.82) is 0 Å². The lowest BCUT2D eigenvalue weighted by molar-refractivity contribution is 0.556. The minimum Gasteiger partial charge on any atom is -0.310 e. The van der Waals surface area contributed by atoms with Crippen LogP contribution in [0.25, 0.3) is 5.69 Å². The minimum atomic E-state index is -0.171. The highest BCUT2D eigenvalue weighted by Crippen LogP contribution is 2.25. The first-order valence-electron chi connectivity index (χ1n) is 6.77. The van der Waals surface area contributed by atoms with Gasteiger partial charge in [0, 0.05) is 12.2 Å². The second-order valence-electron chi connectivity index (χ2n) is 4.94. The molecule has 0 radical (unpaired) electrons. The van der Waals surface area contributed by atoms with Gasteiger partial charge in [0.25, 0.3) is 0 Å². The average molecular weight is 387 g/mol. The van der Waals surface area contributed by atoms with Gasteiger partial charge in [-0.2, -0.15) is 5.10 Å². The molecule has 0 saturated heterocycles. The Morgan fingerprint density at radius 1 is 1.45 bits per heavy atom. The molecule has 0 aliphatic carbocycles. The molecule has 20 heavy (non-hydrogen) atoms. The number of benzene rings is 1. The molecule has 1 aromatic carbocycles. The Morgan fingerprint density at radius 3 is 2.80 bits per heavy atom. The van der Waals surface area contributed by atoms with E-state index in [2.05, 4.69) is 46.9 Å². The predicted molar refractivity (Wildman–Crippen MR) is 87.7 cm³/mol. The number of nitrogens with one attached hydrogen (secondary N) is 1. The van der Waals surface area contributed by atoms with Gasteiger partial charge >= 0.3 is 0 Å². The molecule has 1 N–H and O–H groups in total. The molecule has 0 bridgehead atoms. The fourth-order valence-corrected chi connectivity index (χ4v) is 2.52. The zero-order valence-electron chi connectivity index (χ0n) is 12.0. The van der Waals surface area contributed by atoms with Crippen LogP contribution in [0, 0.1) is 16.3 Å². The van der Waals surface area contributed by atoms with Crippen LogP contribution in [0.5, 0.6) is 0 Å². The predicted octanol–water partition coefficient (Wildman–Crippen LogP) is 3.99. The molecule has 2 rings (SSSR count). The maximum atomic E-state index is 13.9. The highest BCUT2D eigenvalue weighted by atomic mass is 127. The second-order valence-corrected chi connectivity index (χ2v) is 6.18. The van der Waals surface area contributed by atoms with E-state index in [0.29, 0.717) is 5.56 Å². The van der Waals surface area contributed by atoms with Crippen LogP contribution in [-0.2, 0) is 0 Å². The van der Waals surface area contributed by atoms with E-state index in [1.807, 2.05) is 16.9 Å². The molecule has 0 spiro atoms. The van der Waals surface area contributed by atoms with E-state index in [9.17, 15) is 4.39 Å². The molecular formula is C15H19FIN3. The largest absolute Gasteiger partial charge is 0.310 e. The standard InChI is InChI=1S/C15H19FIN3/c1-4-5-18-11(3)13-7-14(16)10(2)6-15(13)20-9-12(17)8-19-20/h6-9,11,18H,4-5H2,1-3H3. The second kappa shape index (κ2) is 6.67. The maximum absolute atomic E-state index is 13.9. The van der Waals surface area contributed by atoms with E-state index in [0.717, 1.165) is 27.8 Å². The molecular weight excluding hydrogens is 368 g/mol. The number of rotatable bonds is 5. The van der Waals surface area contributed by atoms with Crippen molar-refractivity contribution in [2.75, 3.05) is 6.54 Å². The summed E-state index contributed by atoms with van der Waals surface area (Å²) in [6.45, 7) is 6.86. The van der Waals surface area contributed by atoms with E-state index in [1.54, 1.807) is 19.2 Å². The van der Waals surface area contributed by atoms with Crippen molar-refractivity contribution in [2.24, 2.45) is 0 Å². The Balaban J connectivity index is 2.45. The number of aromatic nitrogens is 2. The molecule has 2 aromatic rings. The lowest BCUT2D eigenvalue weighted by Gasteiger charge is -2.19. The Bertz CT molecular complexity index is 595. The molecule has 0 saturated carbocycles. The molecule has 1 heterocycles. The summed E-state index contributed by atoms with van der Waals surface area (Å²) in [7, 11) is 0. The minimum absolute atomic E-state index is 0.0851. The first-order valence-corrected chi connectivity index (χ1v) is 7.84. The summed E-state index contributed by atoms with van der Waals surface area (Å²) in [6.07, 6.45) is 4.80. The van der Waals surface area contributed by atoms with Gasteiger partial charge in [-0.05, 0) is 72.7 Å². The van der Waals surface area contributed by atoms with Crippen LogP contribution in [0.2, 0.25) is 0 Å². The van der Waals surface area contributed by atoms with Gasteiger partial charge in [0.1, 0.15) is 5.82 Å². The zero-order chi connectivity index (χ0) is 14.7. The van der Waals surface area contributed by atoms with E-state index in [-0.39, 0.29) is 11.9 Å². The Hall–Kier alpha value is -0.950. The summed E-state index contributed by atoms with van der Waals surface area (Å²) in [5.41, 5.74) is 2.50. The molecule has 0 amide bonds. The van der Waals surface area contributed by atoms with Crippen molar-refractivity contribution >= 4 is 22.6 Å². The summed E-state index contributed by atoms with van der Waals surface area (Å²) >= 11 is 2.22. The van der Waals surface area contributed by atoms with Crippen molar-refractivity contribution < 1.29 is 4.39 Å². The zero-order valence-corrected chi connectivity index (χ0v) is 14.1. The van der Waals surface area contributed by atoms with Gasteiger partial charge in [-0.3, -0.25) is 0 Å². The van der Waals surface area contributed by atoms with Crippen LogP contribution < -0.4 is 5.32 Å². The summed E-state index contributed by atoms with van der Waals surface area (Å²) in [5.74, 6) is -0.171. The summed E-state index contributed by atoms with van der Waals surface area (Å²) in [6, 6.07) is 3.56. The van der Waals surface area contributed by atoms with Crippen molar-refractivity contribution in [3.8, 4) is 5.69 Å². The molecule has 108 valence electrons. The highest BCUT2D eigenvalue weighted by Gasteiger charge is 2.15. The third kappa shape index (κ3) is 3.38. The molecule has 0 aliphatic heterocycles. The van der Waals surface area contributed by atoms with Gasteiger partial charge in [0.2, 0.25) is 0 Å². The lowest BCUT2D eigenvalue weighted by atomic mass is 10.0. The number of nitrogens with zero attached hydrogens (tertiary/aromatic N) is 2. The van der Waals surface area contributed by atoms with E-state index in [4.69, 9.17) is 0 Å². The molecule has 1 atom stereocenters. The summed E-state index contributed by atoms with van der Waals surface area (Å²) in [5, 5.41) is 7.74. The highest BCUT2D eigenvalue weighted by molar-refractivity contribution is 14.1. The van der Waals surface area contributed by atoms with Gasteiger partial charge in [-0.1, -0.05) is 6.92 Å². The van der Waals surface area contributed by atoms with Crippen LogP contribution in [0.15, 0.2) is 24.5 Å². The smallest absolute Gasteiger partial charge is 0.126 e. The van der Waals surface area contributed by atoms with Crippen LogP contribution in [0.4, 0.5) is 4.39 Å². The van der Waals surface area contributed by atoms with Crippen molar-refractivity contribution in [3.63, 3.8) is 0 Å². The van der Waals surface area contributed by atoms with Crippen LogP contribution in [0.3, 0.4) is 0 Å². The molecule has 5 heteroatoms. The van der Waals surface area contributed by atoms with Gasteiger partial charge in [0.15, 0.2) is 0 Å². The van der Waals surface area contributed by atoms with Gasteiger partial charge in [-0.25, -0.2) is 9.07 Å². The normalized spacial score (nSPS) is 12.7. The Labute approximate surface area is 132 Å². The SMILES string of the molecule is CCCNC(C)c1cc(F)c(C)cc1-n1cc(I)cn1. The third-order valence-electron chi connectivity index (χ3n) is 3.27. The molecule has 1 unspecified atom stereocenters. The maximum Gasteiger partial charge on any atom is 0.126 e. The molecule has 0 fully saturated rings. The van der Waals surface area contributed by atoms with E-state index >= 15 is 0 Å². The number of aryl methyl sites for hydroxylation is 1. The number of halogens is 2. The quantitative estimate of drug-likeness (QED) is 0.787. The third-order valence-corrected chi connectivity index (χ3v) is 3.83. The van der Waals surface area contributed by atoms with Gasteiger partial charge in [0.05, 0.1) is 15.5 Å². The number of hydrogen-bond acceptors (Lipinski definition) is 2. The monoisotopic (exact) mass is 387 g/mol. The van der Waals surface area contributed by atoms with Crippen LogP contribution in [-0.4, -0.2) is 16.3 Å². The summed E-state index contributed by atoms with van der Waals surface area (Å²) < 4.78 is 16.8. The molecule has 0 aliphatic rings. The number of hydrogen-bond donors (Lipinski definition) is 1. The van der Waals surface area contributed by atoms with Crippen LogP contribution >= 0.6 is 22.6 Å². The topological polar surface area (TPSA) is 29.9 Å². The first-order chi connectivity index (χ1) is 9.52. The Kier molecular flexibility index (Phi) is 5.15. The van der Waals surface area contributed by atoms with Crippen molar-refractivity contribution in [1.82, 2.24) is 15.1 Å². The fraction of sp³-hybridized carbons (Fsp3) is 0.400. The Morgan fingerprint density at radius 2 is 2.20 bits per heavy atom. The molecule has 3 nitrogen and oxygen atoms in total. The lowest BCUT2D eigenvalue weighted by Crippen LogP contribution is -2.21. The van der Waals surface area contributed by atoms with E-state index in [1.165, 1.54) is 0 Å². The van der Waals surface area contributed by atoms with Crippen molar-refractivity contribution in [3.05, 3.63) is 45.0 Å². The fourth-order valence-electron chi connectivity index (χ4n) is 2.13. The molecule has 1 aromatic heterocycles. The summed E-state index contributed by atoms with van der Waals surface area (Å²) in [4.78, 5) is 0. The van der Waals surface area contributed by atoms with Gasteiger partial charge in [-0.15, -0.1) is 0 Å². The van der Waals surface area contributed by atoms with Crippen LogP contribution in [0.1, 0.15) is 37.4 Å².